The lowest BCUT2D eigenvalue weighted by molar-refractivity contribution is -0.114. The number of rotatable bonds is 1. The van der Waals surface area contributed by atoms with Gasteiger partial charge in [0.2, 0.25) is 0 Å². The van der Waals surface area contributed by atoms with Crippen molar-refractivity contribution in [1.82, 2.24) is 9.62 Å². The van der Waals surface area contributed by atoms with Crippen molar-refractivity contribution in [3.63, 3.8) is 0 Å². The molecule has 0 unspecified atom stereocenters. The van der Waals surface area contributed by atoms with Crippen LogP contribution in [-0.4, -0.2) is 30.7 Å². The van der Waals surface area contributed by atoms with Crippen molar-refractivity contribution in [2.24, 2.45) is 4.99 Å². The van der Waals surface area contributed by atoms with E-state index in [2.05, 4.69) is 9.71 Å². The number of carbonyl (C=O) groups excluding carboxylic acids is 1. The molecule has 0 radical (unpaired) electrons. The topological polar surface area (TPSA) is 68.5 Å². The van der Waals surface area contributed by atoms with E-state index < -0.39 is 5.91 Å². The van der Waals surface area contributed by atoms with Crippen LogP contribution in [0.15, 0.2) is 45.4 Å². The van der Waals surface area contributed by atoms with Gasteiger partial charge in [0.15, 0.2) is 0 Å². The Morgan fingerprint density at radius 1 is 1.43 bits per heavy atom. The van der Waals surface area contributed by atoms with Gasteiger partial charge in [-0.2, -0.15) is 10.3 Å². The summed E-state index contributed by atoms with van der Waals surface area (Å²) in [6.07, 6.45) is 0.536. The van der Waals surface area contributed by atoms with Crippen LogP contribution in [0.3, 0.4) is 0 Å². The zero-order chi connectivity index (χ0) is 15.4. The Bertz CT molecular complexity index is 670. The molecule has 0 saturated heterocycles. The highest BCUT2D eigenvalue weighted by Crippen LogP contribution is 2.29. The van der Waals surface area contributed by atoms with E-state index in [0.29, 0.717) is 18.0 Å². The Morgan fingerprint density at radius 2 is 2.14 bits per heavy atom. The number of hydrogen-bond acceptors (Lipinski definition) is 4. The van der Waals surface area contributed by atoms with Crippen molar-refractivity contribution in [1.29, 1.82) is 5.26 Å². The van der Waals surface area contributed by atoms with E-state index in [4.69, 9.17) is 0 Å². The molecule has 0 aliphatic carbocycles. The minimum atomic E-state index is -0.508. The summed E-state index contributed by atoms with van der Waals surface area (Å²) in [4.78, 5) is 19.0. The monoisotopic (exact) mass is 300 g/mol. The molecule has 5 nitrogen and oxygen atoms in total. The number of benzene rings is 1. The predicted octanol–water partition coefficient (Wildman–Crippen LogP) is 2.12. The zero-order valence-corrected chi connectivity index (χ0v) is 13.0. The summed E-state index contributed by atoms with van der Waals surface area (Å²) in [5.41, 5.74) is 1.78. The molecule has 1 N–H and O–H groups in total. The molecule has 2 rings (SSSR count). The number of nitriles is 1. The fourth-order valence-electron chi connectivity index (χ4n) is 1.78. The van der Waals surface area contributed by atoms with Gasteiger partial charge in [-0.25, -0.2) is 0 Å². The van der Waals surface area contributed by atoms with Crippen molar-refractivity contribution < 1.29 is 4.79 Å². The molecule has 0 spiro atoms. The van der Waals surface area contributed by atoms with Crippen molar-refractivity contribution in [3.8, 4) is 6.07 Å². The second-order valence-corrected chi connectivity index (χ2v) is 5.66. The van der Waals surface area contributed by atoms with E-state index in [-0.39, 0.29) is 5.57 Å². The molecule has 6 heteroatoms. The second-order valence-electron chi connectivity index (χ2n) is 4.81. The Kier molecular flexibility index (Phi) is 4.66. The third-order valence-electron chi connectivity index (χ3n) is 3.16. The van der Waals surface area contributed by atoms with Crippen LogP contribution in [0.4, 0.5) is 0 Å². The van der Waals surface area contributed by atoms with E-state index in [9.17, 15) is 10.1 Å². The van der Waals surface area contributed by atoms with Crippen molar-refractivity contribution in [2.75, 3.05) is 14.1 Å². The first kappa shape index (κ1) is 15.1. The molecule has 21 heavy (non-hydrogen) atoms. The maximum absolute atomic E-state index is 12.2. The van der Waals surface area contributed by atoms with E-state index in [0.717, 1.165) is 10.5 Å². The largest absolute Gasteiger partial charge is 0.366 e. The van der Waals surface area contributed by atoms with Crippen LogP contribution >= 0.6 is 11.9 Å². The molecule has 0 bridgehead atoms. The van der Waals surface area contributed by atoms with Crippen LogP contribution < -0.4 is 4.72 Å². The van der Waals surface area contributed by atoms with Crippen molar-refractivity contribution in [3.05, 3.63) is 41.1 Å². The van der Waals surface area contributed by atoms with E-state index in [1.165, 1.54) is 11.9 Å². The third kappa shape index (κ3) is 3.44. The average molecular weight is 300 g/mol. The maximum Gasteiger partial charge on any atom is 0.291 e. The van der Waals surface area contributed by atoms with Crippen LogP contribution in [0.2, 0.25) is 0 Å². The molecular weight excluding hydrogens is 284 g/mol. The quantitative estimate of drug-likeness (QED) is 0.283. The van der Waals surface area contributed by atoms with Gasteiger partial charge < -0.3 is 9.62 Å². The SMILES string of the molecule is CC(=NC(=O)C(C#N)=C1Cc2ccccc2SN1)N(C)C. The minimum Gasteiger partial charge on any atom is -0.366 e. The summed E-state index contributed by atoms with van der Waals surface area (Å²) in [5.74, 6) is 0.0587. The van der Waals surface area contributed by atoms with Gasteiger partial charge >= 0.3 is 0 Å². The summed E-state index contributed by atoms with van der Waals surface area (Å²) < 4.78 is 3.08. The standard InChI is InChI=1S/C15H16N4OS/c1-10(19(2)3)17-15(20)12(9-16)13-8-11-6-4-5-7-14(11)21-18-13/h4-7,18H,8H2,1-3H3. The van der Waals surface area contributed by atoms with Crippen LogP contribution in [0.5, 0.6) is 0 Å². The normalized spacial score (nSPS) is 16.4. The van der Waals surface area contributed by atoms with Gasteiger partial charge in [-0.15, -0.1) is 0 Å². The van der Waals surface area contributed by atoms with Crippen LogP contribution in [0.25, 0.3) is 0 Å². The second kappa shape index (κ2) is 6.46. The van der Waals surface area contributed by atoms with E-state index in [1.54, 1.807) is 25.9 Å². The van der Waals surface area contributed by atoms with E-state index >= 15 is 0 Å². The highest BCUT2D eigenvalue weighted by Gasteiger charge is 2.20. The van der Waals surface area contributed by atoms with Crippen LogP contribution in [0.1, 0.15) is 12.5 Å². The minimum absolute atomic E-state index is 0.0678. The number of amides is 1. The van der Waals surface area contributed by atoms with Gasteiger partial charge in [0.25, 0.3) is 5.91 Å². The van der Waals surface area contributed by atoms with Crippen molar-refractivity contribution in [2.45, 2.75) is 18.2 Å². The highest BCUT2D eigenvalue weighted by atomic mass is 32.2. The lowest BCUT2D eigenvalue weighted by Gasteiger charge is -2.20. The fourth-order valence-corrected chi connectivity index (χ4v) is 2.60. The van der Waals surface area contributed by atoms with Crippen molar-refractivity contribution >= 4 is 23.7 Å². The Balaban J connectivity index is 2.32. The predicted molar refractivity (Wildman–Crippen MR) is 83.6 cm³/mol. The molecule has 1 aliphatic heterocycles. The summed E-state index contributed by atoms with van der Waals surface area (Å²) in [6, 6.07) is 9.89. The molecule has 1 heterocycles. The first-order chi connectivity index (χ1) is 10.0. The molecule has 0 aromatic heterocycles. The third-order valence-corrected chi connectivity index (χ3v) is 4.13. The van der Waals surface area contributed by atoms with Gasteiger partial charge in [0.1, 0.15) is 17.5 Å². The summed E-state index contributed by atoms with van der Waals surface area (Å²) >= 11 is 1.41. The number of carbonyl (C=O) groups is 1. The number of allylic oxidation sites excluding steroid dienone is 1. The smallest absolute Gasteiger partial charge is 0.291 e. The van der Waals surface area contributed by atoms with Crippen LogP contribution in [-0.2, 0) is 11.2 Å². The van der Waals surface area contributed by atoms with Gasteiger partial charge in [0.05, 0.1) is 0 Å². The van der Waals surface area contributed by atoms with Gasteiger partial charge in [-0.05, 0) is 30.5 Å². The zero-order valence-electron chi connectivity index (χ0n) is 12.2. The molecule has 1 amide bonds. The van der Waals surface area contributed by atoms with E-state index in [1.807, 2.05) is 30.3 Å². The Morgan fingerprint density at radius 3 is 2.81 bits per heavy atom. The summed E-state index contributed by atoms with van der Waals surface area (Å²) in [6.45, 7) is 1.73. The molecular formula is C15H16N4OS. The molecule has 1 aromatic rings. The van der Waals surface area contributed by atoms with Crippen LogP contribution in [0, 0.1) is 11.3 Å². The lowest BCUT2D eigenvalue weighted by Crippen LogP contribution is -2.22. The molecule has 1 aliphatic rings. The Labute approximate surface area is 128 Å². The molecule has 108 valence electrons. The fraction of sp³-hybridized carbons (Fsp3) is 0.267. The van der Waals surface area contributed by atoms with Gasteiger partial charge in [0, 0.05) is 31.1 Å². The van der Waals surface area contributed by atoms with Gasteiger partial charge in [-0.1, -0.05) is 18.2 Å². The number of nitrogens with one attached hydrogen (secondary N) is 1. The lowest BCUT2D eigenvalue weighted by atomic mass is 10.1. The molecule has 0 atom stereocenters. The number of fused-ring (bicyclic) bond motifs is 1. The average Bonchev–Trinajstić information content (AvgIpc) is 2.47. The molecule has 0 fully saturated rings. The summed E-state index contributed by atoms with van der Waals surface area (Å²) in [5, 5.41) is 9.29. The number of hydrogen-bond donors (Lipinski definition) is 1. The maximum atomic E-state index is 12.2. The number of nitrogens with zero attached hydrogens (tertiary/aromatic N) is 3. The number of amidine groups is 1. The first-order valence-electron chi connectivity index (χ1n) is 6.44. The first-order valence-corrected chi connectivity index (χ1v) is 7.25. The van der Waals surface area contributed by atoms with Gasteiger partial charge in [-0.3, -0.25) is 4.79 Å². The highest BCUT2D eigenvalue weighted by molar-refractivity contribution is 7.97. The number of aliphatic imine (C=N–C) groups is 1. The Hall–Kier alpha value is -2.26. The molecule has 1 aromatic carbocycles. The molecule has 0 saturated carbocycles. The summed E-state index contributed by atoms with van der Waals surface area (Å²) in [7, 11) is 3.60.